The highest BCUT2D eigenvalue weighted by Crippen LogP contribution is 2.45. The van der Waals surface area contributed by atoms with E-state index < -0.39 is 23.5 Å². The molecule has 270 valence electrons. The molecule has 1 spiro atoms. The van der Waals surface area contributed by atoms with E-state index in [1.165, 1.54) is 14.0 Å². The molecule has 2 aromatic carbocycles. The first-order valence-corrected chi connectivity index (χ1v) is 17.6. The quantitative estimate of drug-likeness (QED) is 0.245. The minimum atomic E-state index is -1.49. The van der Waals surface area contributed by atoms with Crippen molar-refractivity contribution in [3.63, 3.8) is 0 Å². The van der Waals surface area contributed by atoms with Crippen LogP contribution in [0.1, 0.15) is 87.9 Å². The zero-order valence-corrected chi connectivity index (χ0v) is 30.4. The first kappa shape index (κ1) is 34.7. The van der Waals surface area contributed by atoms with Gasteiger partial charge in [-0.25, -0.2) is 18.7 Å². The van der Waals surface area contributed by atoms with E-state index in [9.17, 15) is 18.8 Å². The van der Waals surface area contributed by atoms with E-state index in [0.29, 0.717) is 72.0 Å². The lowest BCUT2D eigenvalue weighted by Crippen LogP contribution is -2.48. The lowest BCUT2D eigenvalue weighted by Gasteiger charge is -2.41. The molecule has 0 unspecified atom stereocenters. The molecular weight excluding hydrogens is 655 g/mol. The van der Waals surface area contributed by atoms with Gasteiger partial charge in [0.25, 0.3) is 11.7 Å². The standard InChI is InChI=1S/C38H45FN6O6/c1-9-11-29-31-28(20-24(4)44(29)36(48)51-37(5,6)7)40-45(26-18-22(2)32(39)23(3)19-26)33(31)43-15-14-42(35(43)47)25-12-13-27-30(21-25)41(8)34(46)38(27)49-16-10-17-50-38/h12-15,18-19,21,24,29H,9-11,16-17,20H2,1-8H3/t24-,29+/m1/s1. The maximum atomic E-state index is 14.9. The zero-order valence-electron chi connectivity index (χ0n) is 30.4. The van der Waals surface area contributed by atoms with Gasteiger partial charge in [-0.3, -0.25) is 18.8 Å². The molecule has 1 saturated heterocycles. The SMILES string of the molecule is CCC[C@H]1c2c(nn(-c3cc(C)c(F)c(C)c3)c2-n2ccn(-c3ccc4c(c3)N(C)C(=O)C43OCCCO3)c2=O)C[C@@H](C)N1C(=O)OC(C)(C)C. The zero-order chi connectivity index (χ0) is 36.6. The Kier molecular flexibility index (Phi) is 8.49. The summed E-state index contributed by atoms with van der Waals surface area (Å²) < 4.78 is 37.4. The Bertz CT molecular complexity index is 2080. The molecule has 7 rings (SSSR count). The number of benzene rings is 2. The van der Waals surface area contributed by atoms with Gasteiger partial charge in [-0.15, -0.1) is 0 Å². The van der Waals surface area contributed by atoms with Gasteiger partial charge in [-0.05, 0) is 95.8 Å². The topological polar surface area (TPSA) is 113 Å². The summed E-state index contributed by atoms with van der Waals surface area (Å²) in [6.07, 6.45) is 5.39. The lowest BCUT2D eigenvalue weighted by atomic mass is 9.91. The molecule has 51 heavy (non-hydrogen) atoms. The van der Waals surface area contributed by atoms with Gasteiger partial charge in [0.1, 0.15) is 17.2 Å². The van der Waals surface area contributed by atoms with Crippen LogP contribution < -0.4 is 10.6 Å². The Morgan fingerprint density at radius 3 is 2.35 bits per heavy atom. The lowest BCUT2D eigenvalue weighted by molar-refractivity contribution is -0.256. The Morgan fingerprint density at radius 1 is 1.04 bits per heavy atom. The third-order valence-electron chi connectivity index (χ3n) is 9.90. The van der Waals surface area contributed by atoms with Crippen LogP contribution in [0.2, 0.25) is 0 Å². The number of aromatic nitrogens is 4. The van der Waals surface area contributed by atoms with Crippen molar-refractivity contribution in [1.29, 1.82) is 0 Å². The van der Waals surface area contributed by atoms with Crippen molar-refractivity contribution >= 4 is 17.7 Å². The minimum absolute atomic E-state index is 0.232. The van der Waals surface area contributed by atoms with Crippen LogP contribution in [0.5, 0.6) is 0 Å². The van der Waals surface area contributed by atoms with Crippen molar-refractivity contribution in [1.82, 2.24) is 23.8 Å². The second-order valence-electron chi connectivity index (χ2n) is 14.8. The fourth-order valence-electron chi connectivity index (χ4n) is 7.63. The van der Waals surface area contributed by atoms with Crippen molar-refractivity contribution in [3.05, 3.63) is 87.0 Å². The van der Waals surface area contributed by atoms with Crippen LogP contribution in [0, 0.1) is 19.7 Å². The molecule has 12 nitrogen and oxygen atoms in total. The van der Waals surface area contributed by atoms with Crippen LogP contribution in [0.4, 0.5) is 14.9 Å². The number of anilines is 1. The molecule has 0 bridgehead atoms. The largest absolute Gasteiger partial charge is 0.444 e. The fourth-order valence-corrected chi connectivity index (χ4v) is 7.63. The average Bonchev–Trinajstić information content (AvgIpc) is 3.70. The van der Waals surface area contributed by atoms with Crippen LogP contribution in [-0.2, 0) is 31.2 Å². The minimum Gasteiger partial charge on any atom is -0.444 e. The van der Waals surface area contributed by atoms with Gasteiger partial charge in [0.05, 0.1) is 42.0 Å². The number of amides is 2. The Balaban J connectivity index is 1.41. The molecule has 3 aliphatic rings. The van der Waals surface area contributed by atoms with Crippen LogP contribution in [0.25, 0.3) is 17.2 Å². The smallest absolute Gasteiger partial charge is 0.411 e. The maximum absolute atomic E-state index is 14.9. The highest BCUT2D eigenvalue weighted by Gasteiger charge is 2.54. The summed E-state index contributed by atoms with van der Waals surface area (Å²) in [5.41, 5.74) is 3.61. The van der Waals surface area contributed by atoms with Gasteiger partial charge in [0.15, 0.2) is 0 Å². The molecule has 2 amide bonds. The molecule has 4 aromatic rings. The molecule has 2 atom stereocenters. The van der Waals surface area contributed by atoms with Crippen molar-refractivity contribution in [2.24, 2.45) is 0 Å². The number of nitrogens with zero attached hydrogens (tertiary/aromatic N) is 6. The van der Waals surface area contributed by atoms with Crippen molar-refractivity contribution in [2.45, 2.75) is 97.6 Å². The van der Waals surface area contributed by atoms with Crippen LogP contribution in [-0.4, -0.2) is 67.7 Å². The number of carbonyl (C=O) groups excluding carboxylic acids is 2. The highest BCUT2D eigenvalue weighted by atomic mass is 19.1. The van der Waals surface area contributed by atoms with Gasteiger partial charge in [-0.1, -0.05) is 13.3 Å². The molecule has 2 aromatic heterocycles. The first-order chi connectivity index (χ1) is 24.2. The first-order valence-electron chi connectivity index (χ1n) is 17.6. The van der Waals surface area contributed by atoms with E-state index >= 15 is 0 Å². The number of carbonyl (C=O) groups is 2. The van der Waals surface area contributed by atoms with Crippen molar-refractivity contribution < 1.29 is 28.2 Å². The van der Waals surface area contributed by atoms with Crippen LogP contribution >= 0.6 is 0 Å². The number of rotatable bonds is 5. The Hall–Kier alpha value is -4.75. The third-order valence-corrected chi connectivity index (χ3v) is 9.90. The molecule has 0 aliphatic carbocycles. The molecule has 13 heteroatoms. The van der Waals surface area contributed by atoms with Crippen molar-refractivity contribution in [2.75, 3.05) is 25.2 Å². The molecule has 0 saturated carbocycles. The van der Waals surface area contributed by atoms with E-state index in [1.54, 1.807) is 73.2 Å². The van der Waals surface area contributed by atoms with Crippen molar-refractivity contribution in [3.8, 4) is 17.2 Å². The van der Waals surface area contributed by atoms with Gasteiger partial charge in [0, 0.05) is 43.0 Å². The molecule has 3 aliphatic heterocycles. The summed E-state index contributed by atoms with van der Waals surface area (Å²) >= 11 is 0. The van der Waals surface area contributed by atoms with E-state index in [4.69, 9.17) is 19.3 Å². The summed E-state index contributed by atoms with van der Waals surface area (Å²) in [4.78, 5) is 45.0. The van der Waals surface area contributed by atoms with E-state index in [2.05, 4.69) is 6.92 Å². The normalized spacial score (nSPS) is 19.8. The monoisotopic (exact) mass is 700 g/mol. The third kappa shape index (κ3) is 5.57. The summed E-state index contributed by atoms with van der Waals surface area (Å²) in [5.74, 6) is -1.64. The number of likely N-dealkylation sites (N-methyl/N-ethyl adjacent to an activating group) is 1. The number of halogens is 1. The second kappa shape index (κ2) is 12.5. The van der Waals surface area contributed by atoms with Gasteiger partial charge in [0.2, 0.25) is 0 Å². The maximum Gasteiger partial charge on any atom is 0.411 e. The summed E-state index contributed by atoms with van der Waals surface area (Å²) in [7, 11) is 1.66. The van der Waals surface area contributed by atoms with E-state index in [1.807, 2.05) is 27.7 Å². The van der Waals surface area contributed by atoms with Crippen LogP contribution in [0.3, 0.4) is 0 Å². The molecule has 1 fully saturated rings. The predicted molar refractivity (Wildman–Crippen MR) is 188 cm³/mol. The van der Waals surface area contributed by atoms with Gasteiger partial charge in [-0.2, -0.15) is 5.10 Å². The fraction of sp³-hybridized carbons (Fsp3) is 0.474. The van der Waals surface area contributed by atoms with E-state index in [-0.39, 0.29) is 23.5 Å². The average molecular weight is 701 g/mol. The second-order valence-corrected chi connectivity index (χ2v) is 14.8. The number of ether oxygens (including phenoxy) is 3. The Labute approximate surface area is 296 Å². The highest BCUT2D eigenvalue weighted by molar-refractivity contribution is 6.06. The summed E-state index contributed by atoms with van der Waals surface area (Å²) in [6, 6.07) is 8.07. The summed E-state index contributed by atoms with van der Waals surface area (Å²) in [5, 5.41) is 5.07. The molecular formula is C38H45FN6O6. The van der Waals surface area contributed by atoms with Gasteiger partial charge >= 0.3 is 11.8 Å². The molecule has 5 heterocycles. The Morgan fingerprint density at radius 2 is 1.71 bits per heavy atom. The number of hydrogen-bond acceptors (Lipinski definition) is 7. The predicted octanol–water partition coefficient (Wildman–Crippen LogP) is 6.16. The number of hydrogen-bond donors (Lipinski definition) is 0. The summed E-state index contributed by atoms with van der Waals surface area (Å²) in [6.45, 7) is 13.8. The molecule has 0 radical (unpaired) electrons. The number of fused-ring (bicyclic) bond motifs is 3. The van der Waals surface area contributed by atoms with Gasteiger partial charge < -0.3 is 19.1 Å². The number of aryl methyl sites for hydroxylation is 2. The van der Waals surface area contributed by atoms with E-state index in [0.717, 1.165) is 17.7 Å². The molecule has 0 N–H and O–H groups in total. The van der Waals surface area contributed by atoms with Crippen LogP contribution in [0.15, 0.2) is 47.5 Å². The number of imidazole rings is 1.